The van der Waals surface area contributed by atoms with Gasteiger partial charge in [-0.2, -0.15) is 5.10 Å². The van der Waals surface area contributed by atoms with Gasteiger partial charge in [0, 0.05) is 12.5 Å². The second-order valence-electron chi connectivity index (χ2n) is 5.52. The molecule has 112 valence electrons. The fourth-order valence-corrected chi connectivity index (χ4v) is 3.69. The van der Waals surface area contributed by atoms with Gasteiger partial charge in [0.05, 0.1) is 17.4 Å². The number of aromatic nitrogens is 2. The zero-order chi connectivity index (χ0) is 15.0. The lowest BCUT2D eigenvalue weighted by Crippen LogP contribution is -2.41. The maximum atomic E-state index is 11.5. The molecule has 0 saturated heterocycles. The molecule has 1 aliphatic carbocycles. The Morgan fingerprint density at radius 3 is 2.60 bits per heavy atom. The molecule has 2 rings (SSSR count). The van der Waals surface area contributed by atoms with Crippen LogP contribution in [0, 0.1) is 0 Å². The molecule has 0 atom stereocenters. The standard InChI is InChI=1S/C12H19N3O4S/c1-20(18,19)9-2-5-12(17,6-3-9)8-15-7-4-10(14-15)11(13)16/h4,7,9,17H,2-3,5-6,8H2,1H3,(H2,13,16). The zero-order valence-electron chi connectivity index (χ0n) is 11.3. The van der Waals surface area contributed by atoms with Crippen LogP contribution in [0.4, 0.5) is 0 Å². The van der Waals surface area contributed by atoms with Crippen LogP contribution < -0.4 is 5.73 Å². The van der Waals surface area contributed by atoms with Gasteiger partial charge >= 0.3 is 0 Å². The van der Waals surface area contributed by atoms with Gasteiger partial charge in [-0.15, -0.1) is 0 Å². The quantitative estimate of drug-likeness (QED) is 0.792. The lowest BCUT2D eigenvalue weighted by molar-refractivity contribution is -0.0134. The van der Waals surface area contributed by atoms with E-state index in [1.807, 2.05) is 0 Å². The summed E-state index contributed by atoms with van der Waals surface area (Å²) < 4.78 is 24.4. The fourth-order valence-electron chi connectivity index (χ4n) is 2.60. The average molecular weight is 301 g/mol. The number of carbonyl (C=O) groups is 1. The Balaban J connectivity index is 2.01. The van der Waals surface area contributed by atoms with Crippen molar-refractivity contribution in [1.29, 1.82) is 0 Å². The molecule has 0 radical (unpaired) electrons. The second-order valence-corrected chi connectivity index (χ2v) is 7.84. The predicted octanol–water partition coefficient (Wildman–Crippen LogP) is -0.300. The number of nitrogens with zero attached hydrogens (tertiary/aromatic N) is 2. The van der Waals surface area contributed by atoms with Gasteiger partial charge in [-0.3, -0.25) is 9.48 Å². The van der Waals surface area contributed by atoms with Crippen molar-refractivity contribution in [3.63, 3.8) is 0 Å². The monoisotopic (exact) mass is 301 g/mol. The predicted molar refractivity (Wildman–Crippen MR) is 72.8 cm³/mol. The molecule has 3 N–H and O–H groups in total. The summed E-state index contributed by atoms with van der Waals surface area (Å²) in [5.41, 5.74) is 4.28. The third-order valence-electron chi connectivity index (χ3n) is 3.82. The van der Waals surface area contributed by atoms with Crippen LogP contribution >= 0.6 is 0 Å². The van der Waals surface area contributed by atoms with Crippen LogP contribution in [0.15, 0.2) is 12.3 Å². The van der Waals surface area contributed by atoms with Crippen molar-refractivity contribution in [1.82, 2.24) is 9.78 Å². The molecular formula is C12H19N3O4S. The van der Waals surface area contributed by atoms with Crippen molar-refractivity contribution in [2.24, 2.45) is 5.73 Å². The largest absolute Gasteiger partial charge is 0.388 e. The first-order valence-electron chi connectivity index (χ1n) is 6.44. The Morgan fingerprint density at radius 1 is 1.55 bits per heavy atom. The molecule has 0 aliphatic heterocycles. The van der Waals surface area contributed by atoms with E-state index in [1.165, 1.54) is 17.0 Å². The van der Waals surface area contributed by atoms with Crippen molar-refractivity contribution < 1.29 is 18.3 Å². The van der Waals surface area contributed by atoms with Crippen LogP contribution in [-0.2, 0) is 16.4 Å². The first-order chi connectivity index (χ1) is 9.20. The van der Waals surface area contributed by atoms with E-state index in [9.17, 15) is 18.3 Å². The molecule has 1 saturated carbocycles. The van der Waals surface area contributed by atoms with Crippen LogP contribution in [0.2, 0.25) is 0 Å². The Labute approximate surface area is 117 Å². The van der Waals surface area contributed by atoms with Gasteiger partial charge < -0.3 is 10.8 Å². The molecule has 1 heterocycles. The van der Waals surface area contributed by atoms with Crippen molar-refractivity contribution in [2.45, 2.75) is 43.1 Å². The van der Waals surface area contributed by atoms with Gasteiger partial charge in [0.25, 0.3) is 5.91 Å². The summed E-state index contributed by atoms with van der Waals surface area (Å²) in [6.07, 6.45) is 4.50. The number of amides is 1. The van der Waals surface area contributed by atoms with E-state index in [2.05, 4.69) is 5.10 Å². The molecule has 1 fully saturated rings. The van der Waals surface area contributed by atoms with Crippen molar-refractivity contribution in [2.75, 3.05) is 6.26 Å². The molecule has 0 bridgehead atoms. The highest BCUT2D eigenvalue weighted by Gasteiger charge is 2.37. The van der Waals surface area contributed by atoms with Gasteiger partial charge in [-0.05, 0) is 31.7 Å². The molecule has 1 aromatic heterocycles. The topological polar surface area (TPSA) is 115 Å². The Morgan fingerprint density at radius 2 is 2.15 bits per heavy atom. The third kappa shape index (κ3) is 3.37. The summed E-state index contributed by atoms with van der Waals surface area (Å²) in [6.45, 7) is 0.233. The second kappa shape index (κ2) is 5.17. The Kier molecular flexibility index (Phi) is 3.88. The van der Waals surface area contributed by atoms with Gasteiger partial charge in [0.2, 0.25) is 0 Å². The zero-order valence-corrected chi connectivity index (χ0v) is 12.1. The van der Waals surface area contributed by atoms with E-state index in [4.69, 9.17) is 5.73 Å². The first-order valence-corrected chi connectivity index (χ1v) is 8.40. The van der Waals surface area contributed by atoms with Gasteiger partial charge in [0.15, 0.2) is 0 Å². The fraction of sp³-hybridized carbons (Fsp3) is 0.667. The average Bonchev–Trinajstić information content (AvgIpc) is 2.76. The van der Waals surface area contributed by atoms with Crippen LogP contribution in [-0.4, -0.2) is 46.3 Å². The highest BCUT2D eigenvalue weighted by Crippen LogP contribution is 2.32. The molecule has 0 aromatic carbocycles. The number of carbonyl (C=O) groups excluding carboxylic acids is 1. The number of hydrogen-bond acceptors (Lipinski definition) is 5. The number of aliphatic hydroxyl groups is 1. The SMILES string of the molecule is CS(=O)(=O)C1CCC(O)(Cn2ccc(C(N)=O)n2)CC1. The lowest BCUT2D eigenvalue weighted by Gasteiger charge is -2.35. The molecule has 0 spiro atoms. The smallest absolute Gasteiger partial charge is 0.269 e. The minimum Gasteiger partial charge on any atom is -0.388 e. The minimum absolute atomic E-state index is 0.151. The maximum Gasteiger partial charge on any atom is 0.269 e. The summed E-state index contributed by atoms with van der Waals surface area (Å²) >= 11 is 0. The molecule has 8 heteroatoms. The number of nitrogens with two attached hydrogens (primary N) is 1. The summed E-state index contributed by atoms with van der Waals surface area (Å²) in [5, 5.41) is 14.1. The number of sulfone groups is 1. The number of hydrogen-bond donors (Lipinski definition) is 2. The minimum atomic E-state index is -3.05. The lowest BCUT2D eigenvalue weighted by atomic mass is 9.84. The van der Waals surface area contributed by atoms with E-state index >= 15 is 0 Å². The molecule has 1 aliphatic rings. The molecule has 0 unspecified atom stereocenters. The van der Waals surface area contributed by atoms with Gasteiger partial charge in [0.1, 0.15) is 15.5 Å². The molecular weight excluding hydrogens is 282 g/mol. The summed E-state index contributed by atoms with van der Waals surface area (Å²) in [7, 11) is -3.05. The maximum absolute atomic E-state index is 11.5. The highest BCUT2D eigenvalue weighted by molar-refractivity contribution is 7.91. The van der Waals surface area contributed by atoms with Gasteiger partial charge in [-0.25, -0.2) is 8.42 Å². The van der Waals surface area contributed by atoms with Crippen molar-refractivity contribution in [3.8, 4) is 0 Å². The van der Waals surface area contributed by atoms with Gasteiger partial charge in [-0.1, -0.05) is 0 Å². The Bertz CT molecular complexity index is 600. The summed E-state index contributed by atoms with van der Waals surface area (Å²) in [6, 6.07) is 1.49. The van der Waals surface area contributed by atoms with E-state index < -0.39 is 21.3 Å². The highest BCUT2D eigenvalue weighted by atomic mass is 32.2. The van der Waals surface area contributed by atoms with E-state index in [0.29, 0.717) is 25.7 Å². The van der Waals surface area contributed by atoms with Crippen LogP contribution in [0.25, 0.3) is 0 Å². The molecule has 20 heavy (non-hydrogen) atoms. The van der Waals surface area contributed by atoms with Crippen molar-refractivity contribution >= 4 is 15.7 Å². The van der Waals surface area contributed by atoms with E-state index in [0.717, 1.165) is 0 Å². The summed E-state index contributed by atoms with van der Waals surface area (Å²) in [4.78, 5) is 11.0. The van der Waals surface area contributed by atoms with E-state index in [-0.39, 0.29) is 17.5 Å². The molecule has 7 nitrogen and oxygen atoms in total. The van der Waals surface area contributed by atoms with Crippen LogP contribution in [0.5, 0.6) is 0 Å². The van der Waals surface area contributed by atoms with Crippen LogP contribution in [0.3, 0.4) is 0 Å². The van der Waals surface area contributed by atoms with E-state index in [1.54, 1.807) is 6.20 Å². The summed E-state index contributed by atoms with van der Waals surface area (Å²) in [5.74, 6) is -0.614. The molecule has 1 amide bonds. The van der Waals surface area contributed by atoms with Crippen LogP contribution in [0.1, 0.15) is 36.2 Å². The number of rotatable bonds is 4. The normalized spacial score (nSPS) is 27.4. The Hall–Kier alpha value is -1.41. The molecule has 1 aromatic rings. The van der Waals surface area contributed by atoms with Crippen molar-refractivity contribution in [3.05, 3.63) is 18.0 Å². The third-order valence-corrected chi connectivity index (χ3v) is 5.50. The number of primary amides is 1. The first kappa shape index (κ1) is 15.0.